The summed E-state index contributed by atoms with van der Waals surface area (Å²) < 4.78 is 5.37. The molecule has 0 aromatic rings. The second-order valence-corrected chi connectivity index (χ2v) is 7.11. The van der Waals surface area contributed by atoms with Gasteiger partial charge in [-0.15, -0.1) is 0 Å². The highest BCUT2D eigenvalue weighted by atomic mass is 16.6. The topological polar surface area (TPSA) is 66.8 Å². The highest BCUT2D eigenvalue weighted by Gasteiger charge is 2.48. The molecule has 0 aromatic heterocycles. The Bertz CT molecular complexity index is 391. The highest BCUT2D eigenvalue weighted by molar-refractivity contribution is 5.72. The lowest BCUT2D eigenvalue weighted by atomic mass is 9.70. The number of aliphatic carboxylic acids is 1. The number of carboxylic acids is 1. The zero-order chi connectivity index (χ0) is 15.0. The fourth-order valence-corrected chi connectivity index (χ4v) is 3.58. The van der Waals surface area contributed by atoms with Gasteiger partial charge in [-0.25, -0.2) is 4.79 Å². The molecule has 2 fully saturated rings. The van der Waals surface area contributed by atoms with E-state index in [-0.39, 0.29) is 17.4 Å². The maximum atomic E-state index is 12.0. The molecule has 20 heavy (non-hydrogen) atoms. The molecular weight excluding hydrogens is 258 g/mol. The number of carbonyl (C=O) groups is 2. The van der Waals surface area contributed by atoms with Crippen molar-refractivity contribution in [1.82, 2.24) is 4.90 Å². The van der Waals surface area contributed by atoms with Crippen molar-refractivity contribution in [2.75, 3.05) is 13.1 Å². The Labute approximate surface area is 120 Å². The number of hydrogen-bond acceptors (Lipinski definition) is 3. The number of carbonyl (C=O) groups excluding carboxylic acids is 1. The Morgan fingerprint density at radius 2 is 1.80 bits per heavy atom. The number of amides is 1. The van der Waals surface area contributed by atoms with Crippen LogP contribution in [-0.2, 0) is 9.53 Å². The molecule has 0 bridgehead atoms. The molecule has 1 aliphatic carbocycles. The lowest BCUT2D eigenvalue weighted by Gasteiger charge is -2.42. The van der Waals surface area contributed by atoms with Crippen molar-refractivity contribution in [2.45, 2.75) is 58.5 Å². The Morgan fingerprint density at radius 1 is 1.20 bits per heavy atom. The van der Waals surface area contributed by atoms with Crippen molar-refractivity contribution in [1.29, 1.82) is 0 Å². The number of rotatable bonds is 1. The van der Waals surface area contributed by atoms with E-state index in [2.05, 4.69) is 0 Å². The van der Waals surface area contributed by atoms with Crippen molar-refractivity contribution in [3.05, 3.63) is 0 Å². The Kier molecular flexibility index (Phi) is 3.98. The first-order chi connectivity index (χ1) is 9.23. The largest absolute Gasteiger partial charge is 0.481 e. The summed E-state index contributed by atoms with van der Waals surface area (Å²) >= 11 is 0. The molecule has 1 amide bonds. The Balaban J connectivity index is 1.95. The average Bonchev–Trinajstić information content (AvgIpc) is 2.71. The molecule has 1 spiro atoms. The van der Waals surface area contributed by atoms with Crippen LogP contribution in [-0.4, -0.2) is 40.8 Å². The summed E-state index contributed by atoms with van der Waals surface area (Å²) in [5.41, 5.74) is -0.576. The highest BCUT2D eigenvalue weighted by Crippen LogP contribution is 2.50. The van der Waals surface area contributed by atoms with Crippen molar-refractivity contribution < 1.29 is 19.4 Å². The summed E-state index contributed by atoms with van der Waals surface area (Å²) in [6.45, 7) is 6.78. The van der Waals surface area contributed by atoms with Crippen LogP contribution >= 0.6 is 0 Å². The number of likely N-dealkylation sites (tertiary alicyclic amines) is 1. The minimum Gasteiger partial charge on any atom is -0.481 e. The van der Waals surface area contributed by atoms with E-state index in [4.69, 9.17) is 4.74 Å². The van der Waals surface area contributed by atoms with Crippen LogP contribution in [0.4, 0.5) is 4.79 Å². The van der Waals surface area contributed by atoms with Crippen LogP contribution in [0.15, 0.2) is 0 Å². The molecule has 2 aliphatic rings. The van der Waals surface area contributed by atoms with Gasteiger partial charge in [0, 0.05) is 13.1 Å². The fourth-order valence-electron chi connectivity index (χ4n) is 3.58. The van der Waals surface area contributed by atoms with Crippen LogP contribution in [0, 0.1) is 11.3 Å². The predicted octanol–water partition coefficient (Wildman–Crippen LogP) is 2.89. The van der Waals surface area contributed by atoms with Gasteiger partial charge in [-0.2, -0.15) is 0 Å². The van der Waals surface area contributed by atoms with E-state index < -0.39 is 11.6 Å². The van der Waals surface area contributed by atoms with Gasteiger partial charge < -0.3 is 14.7 Å². The molecular formula is C15H25NO4. The maximum Gasteiger partial charge on any atom is 0.410 e. The van der Waals surface area contributed by atoms with E-state index in [1.54, 1.807) is 4.90 Å². The Morgan fingerprint density at radius 3 is 2.30 bits per heavy atom. The molecule has 1 N–H and O–H groups in total. The van der Waals surface area contributed by atoms with Crippen LogP contribution in [0.25, 0.3) is 0 Å². The third-order valence-corrected chi connectivity index (χ3v) is 4.62. The normalized spacial score (nSPS) is 25.8. The predicted molar refractivity (Wildman–Crippen MR) is 74.5 cm³/mol. The SMILES string of the molecule is CC(C)(C)OC(=O)N1CCC2(CCC[C@H]2C(=O)O)CC1. The molecule has 0 radical (unpaired) electrons. The van der Waals surface area contributed by atoms with Crippen LogP contribution in [0.1, 0.15) is 52.9 Å². The quantitative estimate of drug-likeness (QED) is 0.803. The maximum absolute atomic E-state index is 12.0. The van der Waals surface area contributed by atoms with Crippen LogP contribution in [0.3, 0.4) is 0 Å². The molecule has 1 atom stereocenters. The van der Waals surface area contributed by atoms with Gasteiger partial charge in [0.15, 0.2) is 0 Å². The molecule has 1 saturated carbocycles. The van der Waals surface area contributed by atoms with E-state index in [9.17, 15) is 14.7 Å². The van der Waals surface area contributed by atoms with E-state index in [1.165, 1.54) is 0 Å². The lowest BCUT2D eigenvalue weighted by molar-refractivity contribution is -0.146. The standard InChI is InChI=1S/C15H25NO4/c1-14(2,3)20-13(19)16-9-7-15(8-10-16)6-4-5-11(15)12(17)18/h11H,4-10H2,1-3H3,(H,17,18)/t11-/m0/s1. The van der Waals surface area contributed by atoms with Crippen LogP contribution in [0.5, 0.6) is 0 Å². The molecule has 5 nitrogen and oxygen atoms in total. The number of ether oxygens (including phenoxy) is 1. The number of carboxylic acid groups (broad SMARTS) is 1. The molecule has 5 heteroatoms. The molecule has 1 saturated heterocycles. The van der Waals surface area contributed by atoms with Gasteiger partial charge >= 0.3 is 12.1 Å². The molecule has 1 aliphatic heterocycles. The average molecular weight is 283 g/mol. The second-order valence-electron chi connectivity index (χ2n) is 7.11. The molecule has 1 heterocycles. The molecule has 0 unspecified atom stereocenters. The van der Waals surface area contributed by atoms with Crippen molar-refractivity contribution in [3.63, 3.8) is 0 Å². The Hall–Kier alpha value is -1.26. The minimum atomic E-state index is -0.673. The number of piperidine rings is 1. The number of hydrogen-bond donors (Lipinski definition) is 1. The zero-order valence-electron chi connectivity index (χ0n) is 12.6. The van der Waals surface area contributed by atoms with E-state index in [0.29, 0.717) is 13.1 Å². The first kappa shape index (κ1) is 15.1. The van der Waals surface area contributed by atoms with Crippen molar-refractivity contribution in [3.8, 4) is 0 Å². The van der Waals surface area contributed by atoms with Gasteiger partial charge in [0.25, 0.3) is 0 Å². The monoisotopic (exact) mass is 283 g/mol. The molecule has 0 aromatic carbocycles. The summed E-state index contributed by atoms with van der Waals surface area (Å²) in [6, 6.07) is 0. The van der Waals surface area contributed by atoms with E-state index >= 15 is 0 Å². The zero-order valence-corrected chi connectivity index (χ0v) is 12.6. The van der Waals surface area contributed by atoms with Crippen molar-refractivity contribution in [2.24, 2.45) is 11.3 Å². The first-order valence-corrected chi connectivity index (χ1v) is 7.44. The first-order valence-electron chi connectivity index (χ1n) is 7.44. The molecule has 114 valence electrons. The van der Waals surface area contributed by atoms with Gasteiger partial charge in [0.05, 0.1) is 5.92 Å². The van der Waals surface area contributed by atoms with Crippen molar-refractivity contribution >= 4 is 12.1 Å². The summed E-state index contributed by atoms with van der Waals surface area (Å²) in [7, 11) is 0. The lowest BCUT2D eigenvalue weighted by Crippen LogP contribution is -2.47. The second kappa shape index (κ2) is 5.26. The van der Waals surface area contributed by atoms with Crippen LogP contribution < -0.4 is 0 Å². The van der Waals surface area contributed by atoms with Gasteiger partial charge in [0.2, 0.25) is 0 Å². The third kappa shape index (κ3) is 3.07. The van der Waals surface area contributed by atoms with Gasteiger partial charge in [-0.05, 0) is 51.9 Å². The summed E-state index contributed by atoms with van der Waals surface area (Å²) in [5, 5.41) is 9.35. The minimum absolute atomic E-state index is 0.0929. The van der Waals surface area contributed by atoms with E-state index in [1.807, 2.05) is 20.8 Å². The van der Waals surface area contributed by atoms with Gasteiger partial charge in [0.1, 0.15) is 5.60 Å². The smallest absolute Gasteiger partial charge is 0.410 e. The summed E-state index contributed by atoms with van der Waals surface area (Å²) in [6.07, 6.45) is 4.03. The van der Waals surface area contributed by atoms with E-state index in [0.717, 1.165) is 32.1 Å². The summed E-state index contributed by atoms with van der Waals surface area (Å²) in [5.74, 6) is -0.906. The third-order valence-electron chi connectivity index (χ3n) is 4.62. The number of nitrogens with zero attached hydrogens (tertiary/aromatic N) is 1. The van der Waals surface area contributed by atoms with Gasteiger partial charge in [-0.3, -0.25) is 4.79 Å². The van der Waals surface area contributed by atoms with Gasteiger partial charge in [-0.1, -0.05) is 6.42 Å². The molecule has 2 rings (SSSR count). The summed E-state index contributed by atoms with van der Waals surface area (Å²) in [4.78, 5) is 25.1. The van der Waals surface area contributed by atoms with Crippen LogP contribution in [0.2, 0.25) is 0 Å². The fraction of sp³-hybridized carbons (Fsp3) is 0.867.